The molecule has 1 N–H and O–H groups in total. The molecule has 0 atom stereocenters. The van der Waals surface area contributed by atoms with E-state index >= 15 is 0 Å². The Morgan fingerprint density at radius 3 is 2.59 bits per heavy atom. The number of rotatable bonds is 6. The van der Waals surface area contributed by atoms with E-state index in [0.29, 0.717) is 22.7 Å². The molecular weight excluding hydrogens is 347 g/mol. The van der Waals surface area contributed by atoms with E-state index in [-0.39, 0.29) is 18.6 Å². The van der Waals surface area contributed by atoms with Crippen molar-refractivity contribution in [1.29, 1.82) is 5.26 Å². The SMILES string of the molecule is N#Cc1ccc(COc2cccc(-c3ccc(CC(=O)O)cc3)n2)c(F)c1. The van der Waals surface area contributed by atoms with Gasteiger partial charge in [0, 0.05) is 17.2 Å². The molecule has 0 fully saturated rings. The Morgan fingerprint density at radius 1 is 1.15 bits per heavy atom. The largest absolute Gasteiger partial charge is 0.481 e. The number of aromatic nitrogens is 1. The smallest absolute Gasteiger partial charge is 0.307 e. The number of pyridine rings is 1. The topological polar surface area (TPSA) is 83.2 Å². The lowest BCUT2D eigenvalue weighted by molar-refractivity contribution is -0.136. The van der Waals surface area contributed by atoms with E-state index < -0.39 is 11.8 Å². The second-order valence-electron chi connectivity index (χ2n) is 5.84. The van der Waals surface area contributed by atoms with Gasteiger partial charge >= 0.3 is 5.97 Å². The summed E-state index contributed by atoms with van der Waals surface area (Å²) >= 11 is 0. The highest BCUT2D eigenvalue weighted by atomic mass is 19.1. The first-order chi connectivity index (χ1) is 13.0. The van der Waals surface area contributed by atoms with Crippen LogP contribution < -0.4 is 4.74 Å². The van der Waals surface area contributed by atoms with Crippen LogP contribution in [0.4, 0.5) is 4.39 Å². The molecule has 134 valence electrons. The number of carbonyl (C=O) groups is 1. The maximum atomic E-state index is 13.9. The van der Waals surface area contributed by atoms with Gasteiger partial charge in [0.25, 0.3) is 0 Å². The van der Waals surface area contributed by atoms with Crippen molar-refractivity contribution in [3.8, 4) is 23.2 Å². The highest BCUT2D eigenvalue weighted by molar-refractivity contribution is 5.70. The predicted octanol–water partition coefficient (Wildman–Crippen LogP) is 3.97. The summed E-state index contributed by atoms with van der Waals surface area (Å²) in [7, 11) is 0. The number of carboxylic acids is 1. The highest BCUT2D eigenvalue weighted by Gasteiger charge is 2.07. The number of hydrogen-bond acceptors (Lipinski definition) is 4. The Kier molecular flexibility index (Phi) is 5.43. The fourth-order valence-electron chi connectivity index (χ4n) is 2.51. The molecule has 0 spiro atoms. The van der Waals surface area contributed by atoms with Gasteiger partial charge in [-0.05, 0) is 23.8 Å². The van der Waals surface area contributed by atoms with Gasteiger partial charge in [-0.1, -0.05) is 36.4 Å². The Labute approximate surface area is 155 Å². The molecule has 2 aromatic carbocycles. The maximum absolute atomic E-state index is 13.9. The lowest BCUT2D eigenvalue weighted by Gasteiger charge is -2.08. The molecule has 1 heterocycles. The molecule has 0 unspecified atom stereocenters. The standard InChI is InChI=1S/C21H15FN2O3/c22-18-10-15(12-23)6-9-17(18)13-27-20-3-1-2-19(24-20)16-7-4-14(5-8-16)11-21(25)26/h1-10H,11,13H2,(H,25,26). The van der Waals surface area contributed by atoms with Crippen LogP contribution in [0.15, 0.2) is 60.7 Å². The average Bonchev–Trinajstić information content (AvgIpc) is 2.67. The minimum atomic E-state index is -0.883. The van der Waals surface area contributed by atoms with Crippen LogP contribution in [-0.2, 0) is 17.8 Å². The van der Waals surface area contributed by atoms with Crippen LogP contribution in [0.3, 0.4) is 0 Å². The van der Waals surface area contributed by atoms with Crippen molar-refractivity contribution in [2.45, 2.75) is 13.0 Å². The van der Waals surface area contributed by atoms with E-state index in [1.54, 1.807) is 42.5 Å². The van der Waals surface area contributed by atoms with E-state index in [1.165, 1.54) is 18.2 Å². The minimum Gasteiger partial charge on any atom is -0.481 e. The van der Waals surface area contributed by atoms with E-state index in [0.717, 1.165) is 5.56 Å². The van der Waals surface area contributed by atoms with E-state index in [9.17, 15) is 9.18 Å². The first-order valence-corrected chi connectivity index (χ1v) is 8.14. The fourth-order valence-corrected chi connectivity index (χ4v) is 2.51. The molecule has 27 heavy (non-hydrogen) atoms. The van der Waals surface area contributed by atoms with Gasteiger partial charge < -0.3 is 9.84 Å². The molecule has 3 rings (SSSR count). The van der Waals surface area contributed by atoms with Crippen molar-refractivity contribution in [2.24, 2.45) is 0 Å². The molecule has 0 amide bonds. The monoisotopic (exact) mass is 362 g/mol. The summed E-state index contributed by atoms with van der Waals surface area (Å²) in [6, 6.07) is 18.4. The summed E-state index contributed by atoms with van der Waals surface area (Å²) in [6.07, 6.45) is -0.0347. The van der Waals surface area contributed by atoms with Crippen LogP contribution in [0.5, 0.6) is 5.88 Å². The molecule has 0 bridgehead atoms. The van der Waals surface area contributed by atoms with Crippen molar-refractivity contribution in [3.05, 3.63) is 83.2 Å². The normalized spacial score (nSPS) is 10.2. The summed E-state index contributed by atoms with van der Waals surface area (Å²) in [5.74, 6) is -1.04. The summed E-state index contributed by atoms with van der Waals surface area (Å²) in [5, 5.41) is 17.6. The number of benzene rings is 2. The van der Waals surface area contributed by atoms with Crippen LogP contribution in [0.25, 0.3) is 11.3 Å². The average molecular weight is 362 g/mol. The van der Waals surface area contributed by atoms with Gasteiger partial charge in [-0.15, -0.1) is 0 Å². The molecule has 6 heteroatoms. The van der Waals surface area contributed by atoms with Gasteiger partial charge in [-0.25, -0.2) is 9.37 Å². The van der Waals surface area contributed by atoms with Crippen molar-refractivity contribution in [1.82, 2.24) is 4.98 Å². The second-order valence-corrected chi connectivity index (χ2v) is 5.84. The van der Waals surface area contributed by atoms with Crippen LogP contribution in [0, 0.1) is 17.1 Å². The molecule has 0 aliphatic heterocycles. The van der Waals surface area contributed by atoms with E-state index in [2.05, 4.69) is 4.98 Å². The number of aliphatic carboxylic acids is 1. The van der Waals surface area contributed by atoms with Crippen molar-refractivity contribution in [2.75, 3.05) is 0 Å². The molecule has 0 radical (unpaired) electrons. The highest BCUT2D eigenvalue weighted by Crippen LogP contribution is 2.21. The van der Waals surface area contributed by atoms with Gasteiger partial charge in [0.05, 0.1) is 23.7 Å². The third-order valence-electron chi connectivity index (χ3n) is 3.89. The van der Waals surface area contributed by atoms with Crippen molar-refractivity contribution in [3.63, 3.8) is 0 Å². The van der Waals surface area contributed by atoms with Crippen molar-refractivity contribution >= 4 is 5.97 Å². The lowest BCUT2D eigenvalue weighted by Crippen LogP contribution is -2.01. The third kappa shape index (κ3) is 4.67. The molecule has 0 aliphatic rings. The Bertz CT molecular complexity index is 1010. The van der Waals surface area contributed by atoms with E-state index in [4.69, 9.17) is 15.1 Å². The zero-order chi connectivity index (χ0) is 19.2. The summed E-state index contributed by atoms with van der Waals surface area (Å²) in [5.41, 5.74) is 2.77. The number of hydrogen-bond donors (Lipinski definition) is 1. The van der Waals surface area contributed by atoms with Crippen LogP contribution in [0.2, 0.25) is 0 Å². The fraction of sp³-hybridized carbons (Fsp3) is 0.0952. The summed E-state index contributed by atoms with van der Waals surface area (Å²) < 4.78 is 19.5. The summed E-state index contributed by atoms with van der Waals surface area (Å²) in [6.45, 7) is -0.00839. The lowest BCUT2D eigenvalue weighted by atomic mass is 10.1. The molecule has 3 aromatic rings. The van der Waals surface area contributed by atoms with E-state index in [1.807, 2.05) is 6.07 Å². The Hall–Kier alpha value is -3.72. The van der Waals surface area contributed by atoms with Gasteiger partial charge in [0.2, 0.25) is 5.88 Å². The number of ether oxygens (including phenoxy) is 1. The van der Waals surface area contributed by atoms with Gasteiger partial charge in [0.1, 0.15) is 12.4 Å². The number of carboxylic acid groups (broad SMARTS) is 1. The molecule has 0 saturated heterocycles. The van der Waals surface area contributed by atoms with Crippen LogP contribution in [-0.4, -0.2) is 16.1 Å². The number of halogens is 1. The number of nitriles is 1. The zero-order valence-corrected chi connectivity index (χ0v) is 14.2. The second kappa shape index (κ2) is 8.11. The van der Waals surface area contributed by atoms with Crippen molar-refractivity contribution < 1.29 is 19.0 Å². The first-order valence-electron chi connectivity index (χ1n) is 8.14. The van der Waals surface area contributed by atoms with Gasteiger partial charge in [-0.3, -0.25) is 4.79 Å². The Morgan fingerprint density at radius 2 is 1.93 bits per heavy atom. The van der Waals surface area contributed by atoms with Gasteiger partial charge in [0.15, 0.2) is 0 Å². The molecule has 0 saturated carbocycles. The Balaban J connectivity index is 1.72. The molecule has 1 aromatic heterocycles. The van der Waals surface area contributed by atoms with Gasteiger partial charge in [-0.2, -0.15) is 5.26 Å². The van der Waals surface area contributed by atoms with Crippen LogP contribution >= 0.6 is 0 Å². The first kappa shape index (κ1) is 18.1. The molecular formula is C21H15FN2O3. The molecule has 0 aliphatic carbocycles. The number of nitrogens with zero attached hydrogens (tertiary/aromatic N) is 2. The maximum Gasteiger partial charge on any atom is 0.307 e. The third-order valence-corrected chi connectivity index (χ3v) is 3.89. The quantitative estimate of drug-likeness (QED) is 0.717. The minimum absolute atomic E-state index is 0.00839. The zero-order valence-electron chi connectivity index (χ0n) is 14.2. The molecule has 5 nitrogen and oxygen atoms in total. The van der Waals surface area contributed by atoms with Crippen LogP contribution in [0.1, 0.15) is 16.7 Å². The summed E-state index contributed by atoms with van der Waals surface area (Å²) in [4.78, 5) is 15.1. The predicted molar refractivity (Wildman–Crippen MR) is 96.5 cm³/mol.